The van der Waals surface area contributed by atoms with E-state index in [1.807, 2.05) is 0 Å². The molecule has 0 aromatic rings. The van der Waals surface area contributed by atoms with Crippen molar-refractivity contribution in [2.45, 2.75) is 24.9 Å². The van der Waals surface area contributed by atoms with Crippen LogP contribution in [0.15, 0.2) is 12.7 Å². The molecule has 0 aromatic carbocycles. The topological polar surface area (TPSA) is 29.5 Å². The third-order valence-corrected chi connectivity index (χ3v) is 4.60. The summed E-state index contributed by atoms with van der Waals surface area (Å²) in [7, 11) is -2.25. The molecule has 1 N–H and O–H groups in total. The zero-order chi connectivity index (χ0) is 7.45. The Morgan fingerprint density at radius 2 is 2.40 bits per heavy atom. The highest BCUT2D eigenvalue weighted by Crippen LogP contribution is 2.22. The summed E-state index contributed by atoms with van der Waals surface area (Å²) in [6.07, 6.45) is 3.99. The average Bonchev–Trinajstić information content (AvgIpc) is 1.89. The molecular formula is C7H14O2Si. The first-order chi connectivity index (χ1) is 4.77. The molecule has 1 fully saturated rings. The third-order valence-electron chi connectivity index (χ3n) is 1.80. The lowest BCUT2D eigenvalue weighted by atomic mass is 10.4. The van der Waals surface area contributed by atoms with Gasteiger partial charge in [-0.3, -0.25) is 0 Å². The van der Waals surface area contributed by atoms with Crippen molar-refractivity contribution in [2.24, 2.45) is 0 Å². The molecule has 10 heavy (non-hydrogen) atoms. The van der Waals surface area contributed by atoms with Gasteiger partial charge >= 0.3 is 8.56 Å². The van der Waals surface area contributed by atoms with Crippen LogP contribution in [-0.4, -0.2) is 20.0 Å². The number of allylic oxidation sites excluding steroid dienone is 1. The van der Waals surface area contributed by atoms with E-state index in [1.165, 1.54) is 0 Å². The van der Waals surface area contributed by atoms with Gasteiger partial charge < -0.3 is 9.22 Å². The van der Waals surface area contributed by atoms with Crippen LogP contribution in [0.5, 0.6) is 0 Å². The first-order valence-corrected chi connectivity index (χ1v) is 6.01. The van der Waals surface area contributed by atoms with Gasteiger partial charge in [-0.2, -0.15) is 0 Å². The molecule has 1 atom stereocenters. The minimum atomic E-state index is -2.25. The highest BCUT2D eigenvalue weighted by atomic mass is 28.4. The molecule has 0 saturated carbocycles. The van der Waals surface area contributed by atoms with Crippen molar-refractivity contribution in [2.75, 3.05) is 6.61 Å². The molecule has 1 aliphatic rings. The minimum absolute atomic E-state index is 0.688. The van der Waals surface area contributed by atoms with Crippen LogP contribution in [0.2, 0.25) is 12.1 Å². The monoisotopic (exact) mass is 158 g/mol. The van der Waals surface area contributed by atoms with Crippen LogP contribution in [0.1, 0.15) is 12.8 Å². The molecule has 1 rings (SSSR count). The van der Waals surface area contributed by atoms with Crippen LogP contribution in [0.3, 0.4) is 0 Å². The van der Waals surface area contributed by atoms with Gasteiger partial charge in [0.05, 0.1) is 0 Å². The zero-order valence-electron chi connectivity index (χ0n) is 6.18. The SMILES string of the molecule is C=CC[Si]1(O)CCCCO1. The third kappa shape index (κ3) is 1.93. The fourth-order valence-electron chi connectivity index (χ4n) is 1.22. The van der Waals surface area contributed by atoms with E-state index in [9.17, 15) is 4.80 Å². The lowest BCUT2D eigenvalue weighted by Crippen LogP contribution is -2.40. The summed E-state index contributed by atoms with van der Waals surface area (Å²) in [6.45, 7) is 4.34. The molecular weight excluding hydrogens is 144 g/mol. The van der Waals surface area contributed by atoms with Gasteiger partial charge in [-0.1, -0.05) is 6.08 Å². The standard InChI is InChI=1S/C7H14O2Si/c1-2-6-10(8)7-4-3-5-9-10/h2,8H,1,3-7H2. The van der Waals surface area contributed by atoms with Gasteiger partial charge in [0.15, 0.2) is 0 Å². The quantitative estimate of drug-likeness (QED) is 0.486. The van der Waals surface area contributed by atoms with E-state index in [-0.39, 0.29) is 0 Å². The maximum Gasteiger partial charge on any atom is 0.339 e. The zero-order valence-corrected chi connectivity index (χ0v) is 7.18. The van der Waals surface area contributed by atoms with E-state index in [1.54, 1.807) is 6.08 Å². The molecule has 1 unspecified atom stereocenters. The van der Waals surface area contributed by atoms with Crippen LogP contribution in [0.25, 0.3) is 0 Å². The first kappa shape index (κ1) is 7.98. The predicted molar refractivity (Wildman–Crippen MR) is 43.0 cm³/mol. The van der Waals surface area contributed by atoms with Crippen molar-refractivity contribution >= 4 is 8.56 Å². The molecule has 2 nitrogen and oxygen atoms in total. The summed E-state index contributed by atoms with van der Waals surface area (Å²) in [4.78, 5) is 9.72. The highest BCUT2D eigenvalue weighted by Gasteiger charge is 2.33. The Labute approximate surface area is 62.8 Å². The van der Waals surface area contributed by atoms with E-state index in [0.29, 0.717) is 6.04 Å². The summed E-state index contributed by atoms with van der Waals surface area (Å²) in [5, 5.41) is 0. The molecule has 0 aromatic heterocycles. The van der Waals surface area contributed by atoms with Crippen molar-refractivity contribution < 1.29 is 9.22 Å². The van der Waals surface area contributed by atoms with Gasteiger partial charge in [-0.25, -0.2) is 0 Å². The van der Waals surface area contributed by atoms with Crippen molar-refractivity contribution in [3.8, 4) is 0 Å². The van der Waals surface area contributed by atoms with Crippen molar-refractivity contribution in [3.05, 3.63) is 12.7 Å². The lowest BCUT2D eigenvalue weighted by Gasteiger charge is -2.27. The van der Waals surface area contributed by atoms with E-state index in [4.69, 9.17) is 4.43 Å². The van der Waals surface area contributed by atoms with Gasteiger partial charge in [0.1, 0.15) is 0 Å². The van der Waals surface area contributed by atoms with Gasteiger partial charge in [0, 0.05) is 12.7 Å². The molecule has 0 aliphatic carbocycles. The second-order valence-electron chi connectivity index (χ2n) is 2.74. The summed E-state index contributed by atoms with van der Waals surface area (Å²) < 4.78 is 5.33. The first-order valence-electron chi connectivity index (χ1n) is 3.74. The Morgan fingerprint density at radius 3 is 2.90 bits per heavy atom. The van der Waals surface area contributed by atoms with Crippen molar-refractivity contribution in [1.82, 2.24) is 0 Å². The summed E-state index contributed by atoms with van der Waals surface area (Å²) >= 11 is 0. The van der Waals surface area contributed by atoms with Gasteiger partial charge in [0.2, 0.25) is 0 Å². The summed E-state index contributed by atoms with van der Waals surface area (Å²) in [6, 6.07) is 1.58. The van der Waals surface area contributed by atoms with Crippen LogP contribution in [-0.2, 0) is 4.43 Å². The molecule has 0 bridgehead atoms. The molecule has 1 saturated heterocycles. The maximum atomic E-state index is 9.72. The Bertz CT molecular complexity index is 119. The van der Waals surface area contributed by atoms with Crippen molar-refractivity contribution in [3.63, 3.8) is 0 Å². The van der Waals surface area contributed by atoms with E-state index < -0.39 is 8.56 Å². The number of hydrogen-bond acceptors (Lipinski definition) is 2. The molecule has 1 heterocycles. The molecule has 0 radical (unpaired) electrons. The van der Waals surface area contributed by atoms with Crippen LogP contribution >= 0.6 is 0 Å². The second-order valence-corrected chi connectivity index (χ2v) is 5.83. The number of rotatable bonds is 2. The fourth-order valence-corrected chi connectivity index (χ4v) is 3.47. The summed E-state index contributed by atoms with van der Waals surface area (Å²) in [5.41, 5.74) is 0. The molecule has 0 amide bonds. The minimum Gasteiger partial charge on any atom is -0.410 e. The Kier molecular flexibility index (Phi) is 2.65. The van der Waals surface area contributed by atoms with Gasteiger partial charge in [0.25, 0.3) is 0 Å². The van der Waals surface area contributed by atoms with E-state index in [2.05, 4.69) is 6.58 Å². The lowest BCUT2D eigenvalue weighted by molar-refractivity contribution is 0.204. The van der Waals surface area contributed by atoms with Crippen LogP contribution in [0.4, 0.5) is 0 Å². The highest BCUT2D eigenvalue weighted by molar-refractivity contribution is 6.66. The molecule has 58 valence electrons. The normalized spacial score (nSPS) is 33.7. The smallest absolute Gasteiger partial charge is 0.339 e. The van der Waals surface area contributed by atoms with Crippen LogP contribution < -0.4 is 0 Å². The predicted octanol–water partition coefficient (Wildman–Crippen LogP) is 1.42. The van der Waals surface area contributed by atoms with Gasteiger partial charge in [-0.15, -0.1) is 6.58 Å². The summed E-state index contributed by atoms with van der Waals surface area (Å²) in [5.74, 6) is 0. The fraction of sp³-hybridized carbons (Fsp3) is 0.714. The number of hydrogen-bond donors (Lipinski definition) is 1. The molecule has 0 spiro atoms. The Hall–Kier alpha value is -0.123. The largest absolute Gasteiger partial charge is 0.410 e. The van der Waals surface area contributed by atoms with Gasteiger partial charge in [-0.05, 0) is 18.9 Å². The molecule has 3 heteroatoms. The second kappa shape index (κ2) is 3.32. The maximum absolute atomic E-state index is 9.72. The van der Waals surface area contributed by atoms with E-state index in [0.717, 1.165) is 25.5 Å². The van der Waals surface area contributed by atoms with Crippen LogP contribution in [0, 0.1) is 0 Å². The van der Waals surface area contributed by atoms with E-state index >= 15 is 0 Å². The average molecular weight is 158 g/mol. The van der Waals surface area contributed by atoms with Crippen molar-refractivity contribution in [1.29, 1.82) is 0 Å². The Morgan fingerprint density at radius 1 is 1.60 bits per heavy atom. The Balaban J connectivity index is 2.39. The molecule has 1 aliphatic heterocycles.